The molecule has 4 nitrogen and oxygen atoms in total. The van der Waals surface area contributed by atoms with Crippen LogP contribution in [0.5, 0.6) is 0 Å². The fourth-order valence-corrected chi connectivity index (χ4v) is 4.00. The van der Waals surface area contributed by atoms with E-state index in [1.54, 1.807) is 0 Å². The Hall–Kier alpha value is -3.40. The number of para-hydroxylation sites is 2. The maximum absolute atomic E-state index is 12.6. The number of fused-ring (bicyclic) bond motifs is 1. The third-order valence-electron chi connectivity index (χ3n) is 5.92. The highest BCUT2D eigenvalue weighted by Crippen LogP contribution is 2.23. The molecular weight excluding hydrogens is 394 g/mol. The number of aryl methyl sites for hydroxylation is 1. The molecule has 0 radical (unpaired) electrons. The van der Waals surface area contributed by atoms with Gasteiger partial charge in [-0.25, -0.2) is 4.98 Å². The average Bonchev–Trinajstić information content (AvgIpc) is 3.11. The molecule has 1 heterocycles. The highest BCUT2D eigenvalue weighted by Gasteiger charge is 2.15. The minimum Gasteiger partial charge on any atom is -0.352 e. The van der Waals surface area contributed by atoms with Crippen molar-refractivity contribution < 1.29 is 4.79 Å². The summed E-state index contributed by atoms with van der Waals surface area (Å²) in [6, 6.07) is 24.7. The maximum atomic E-state index is 12.6. The van der Waals surface area contributed by atoms with Crippen LogP contribution < -0.4 is 5.32 Å². The summed E-state index contributed by atoms with van der Waals surface area (Å²) in [6.07, 6.45) is 0.673. The summed E-state index contributed by atoms with van der Waals surface area (Å²) in [5.41, 5.74) is 6.52. The number of benzene rings is 3. The third-order valence-corrected chi connectivity index (χ3v) is 5.92. The zero-order valence-electron chi connectivity index (χ0n) is 19.4. The summed E-state index contributed by atoms with van der Waals surface area (Å²) in [5, 5.41) is 3.06. The molecule has 0 aliphatic carbocycles. The van der Waals surface area contributed by atoms with Gasteiger partial charge in [-0.2, -0.15) is 0 Å². The molecule has 0 unspecified atom stereocenters. The normalized spacial score (nSPS) is 11.6. The van der Waals surface area contributed by atoms with Gasteiger partial charge in [0.25, 0.3) is 5.91 Å². The molecule has 0 saturated heterocycles. The van der Waals surface area contributed by atoms with Crippen LogP contribution in [0.3, 0.4) is 0 Å². The topological polar surface area (TPSA) is 46.9 Å². The molecule has 0 fully saturated rings. The first kappa shape index (κ1) is 21.8. The monoisotopic (exact) mass is 425 g/mol. The second-order valence-electron chi connectivity index (χ2n) is 9.37. The molecule has 164 valence electrons. The van der Waals surface area contributed by atoms with E-state index in [2.05, 4.69) is 61.0 Å². The van der Waals surface area contributed by atoms with Gasteiger partial charge in [-0.15, -0.1) is 0 Å². The van der Waals surface area contributed by atoms with E-state index in [9.17, 15) is 4.79 Å². The van der Waals surface area contributed by atoms with Gasteiger partial charge in [-0.3, -0.25) is 4.79 Å². The highest BCUT2D eigenvalue weighted by molar-refractivity contribution is 5.95. The standard InChI is InChI=1S/C28H31N3O/c1-20-9-5-6-10-23(20)27(32)29-18-17-26-30-24-11-7-8-12-25(24)31(26)19-21-13-15-22(16-14-21)28(2,3)4/h5-16H,17-19H2,1-4H3,(H,29,32). The van der Waals surface area contributed by atoms with Crippen LogP contribution in [-0.2, 0) is 18.4 Å². The molecule has 4 heteroatoms. The van der Waals surface area contributed by atoms with Crippen molar-refractivity contribution in [3.05, 3.63) is 101 Å². The van der Waals surface area contributed by atoms with E-state index in [4.69, 9.17) is 4.98 Å². The highest BCUT2D eigenvalue weighted by atomic mass is 16.1. The van der Waals surface area contributed by atoms with Crippen molar-refractivity contribution in [3.8, 4) is 0 Å². The second kappa shape index (κ2) is 8.99. The summed E-state index contributed by atoms with van der Waals surface area (Å²) in [5.74, 6) is 0.944. The zero-order valence-corrected chi connectivity index (χ0v) is 19.4. The fourth-order valence-electron chi connectivity index (χ4n) is 4.00. The van der Waals surface area contributed by atoms with Gasteiger partial charge in [0.1, 0.15) is 5.82 Å². The number of nitrogens with one attached hydrogen (secondary N) is 1. The predicted octanol–water partition coefficient (Wildman–Crippen LogP) is 5.66. The van der Waals surface area contributed by atoms with Crippen molar-refractivity contribution in [3.63, 3.8) is 0 Å². The van der Waals surface area contributed by atoms with Crippen LogP contribution >= 0.6 is 0 Å². The smallest absolute Gasteiger partial charge is 0.251 e. The van der Waals surface area contributed by atoms with Crippen LogP contribution in [0.1, 0.15) is 53.6 Å². The molecule has 0 atom stereocenters. The number of hydrogen-bond donors (Lipinski definition) is 1. The first-order valence-electron chi connectivity index (χ1n) is 11.2. The molecule has 0 bridgehead atoms. The van der Waals surface area contributed by atoms with Gasteiger partial charge in [0, 0.05) is 25.1 Å². The summed E-state index contributed by atoms with van der Waals surface area (Å²) in [6.45, 7) is 9.95. The number of carbonyl (C=O) groups is 1. The van der Waals surface area contributed by atoms with Crippen molar-refractivity contribution >= 4 is 16.9 Å². The fraction of sp³-hybridized carbons (Fsp3) is 0.286. The number of hydrogen-bond acceptors (Lipinski definition) is 2. The molecule has 4 aromatic rings. The molecule has 0 aliphatic heterocycles. The Balaban J connectivity index is 1.53. The van der Waals surface area contributed by atoms with Gasteiger partial charge in [0.05, 0.1) is 11.0 Å². The molecule has 32 heavy (non-hydrogen) atoms. The van der Waals surface area contributed by atoms with Crippen molar-refractivity contribution in [1.29, 1.82) is 0 Å². The largest absolute Gasteiger partial charge is 0.352 e. The molecule has 0 saturated carbocycles. The van der Waals surface area contributed by atoms with Crippen molar-refractivity contribution in [2.45, 2.75) is 46.1 Å². The lowest BCUT2D eigenvalue weighted by Crippen LogP contribution is -2.27. The van der Waals surface area contributed by atoms with E-state index < -0.39 is 0 Å². The van der Waals surface area contributed by atoms with Gasteiger partial charge in [0.2, 0.25) is 0 Å². The Bertz CT molecular complexity index is 1230. The number of amides is 1. The molecule has 4 rings (SSSR count). The van der Waals surface area contributed by atoms with Gasteiger partial charge in [-0.1, -0.05) is 75.4 Å². The van der Waals surface area contributed by atoms with Crippen molar-refractivity contribution in [2.75, 3.05) is 6.54 Å². The van der Waals surface area contributed by atoms with E-state index in [0.29, 0.717) is 13.0 Å². The van der Waals surface area contributed by atoms with E-state index in [1.165, 1.54) is 11.1 Å². The molecule has 3 aromatic carbocycles. The first-order valence-corrected chi connectivity index (χ1v) is 11.2. The van der Waals surface area contributed by atoms with E-state index in [-0.39, 0.29) is 11.3 Å². The van der Waals surface area contributed by atoms with Crippen LogP contribution in [0.25, 0.3) is 11.0 Å². The lowest BCUT2D eigenvalue weighted by atomic mass is 9.87. The Morgan fingerprint density at radius 2 is 1.62 bits per heavy atom. The third kappa shape index (κ3) is 4.75. The Kier molecular flexibility index (Phi) is 6.13. The molecule has 1 amide bonds. The van der Waals surface area contributed by atoms with Crippen LogP contribution in [-0.4, -0.2) is 22.0 Å². The van der Waals surface area contributed by atoms with Gasteiger partial charge in [-0.05, 0) is 47.2 Å². The number of rotatable bonds is 6. The second-order valence-corrected chi connectivity index (χ2v) is 9.37. The van der Waals surface area contributed by atoms with Gasteiger partial charge < -0.3 is 9.88 Å². The van der Waals surface area contributed by atoms with E-state index in [1.807, 2.05) is 49.4 Å². The molecule has 1 aromatic heterocycles. The zero-order chi connectivity index (χ0) is 22.7. The molecule has 1 N–H and O–H groups in total. The number of nitrogens with zero attached hydrogens (tertiary/aromatic N) is 2. The summed E-state index contributed by atoms with van der Waals surface area (Å²) < 4.78 is 2.27. The van der Waals surface area contributed by atoms with Crippen LogP contribution in [0, 0.1) is 6.92 Å². The summed E-state index contributed by atoms with van der Waals surface area (Å²) in [4.78, 5) is 17.4. The molecule has 0 spiro atoms. The first-order chi connectivity index (χ1) is 15.3. The van der Waals surface area contributed by atoms with Crippen LogP contribution in [0.15, 0.2) is 72.8 Å². The molecule has 0 aliphatic rings. The average molecular weight is 426 g/mol. The quantitative estimate of drug-likeness (QED) is 0.433. The minimum atomic E-state index is -0.0384. The Morgan fingerprint density at radius 3 is 2.34 bits per heavy atom. The Labute approximate surface area is 190 Å². The summed E-state index contributed by atoms with van der Waals surface area (Å²) >= 11 is 0. The van der Waals surface area contributed by atoms with Crippen molar-refractivity contribution in [1.82, 2.24) is 14.9 Å². The van der Waals surface area contributed by atoms with Crippen molar-refractivity contribution in [2.24, 2.45) is 0 Å². The van der Waals surface area contributed by atoms with Gasteiger partial charge in [0.15, 0.2) is 0 Å². The lowest BCUT2D eigenvalue weighted by molar-refractivity contribution is 0.0953. The lowest BCUT2D eigenvalue weighted by Gasteiger charge is -2.19. The number of imidazole rings is 1. The molecular formula is C28H31N3O. The SMILES string of the molecule is Cc1ccccc1C(=O)NCCc1nc2ccccc2n1Cc1ccc(C(C)(C)C)cc1. The number of aromatic nitrogens is 2. The number of carbonyl (C=O) groups excluding carboxylic acids is 1. The predicted molar refractivity (Wildman–Crippen MR) is 131 cm³/mol. The Morgan fingerprint density at radius 1 is 0.938 bits per heavy atom. The van der Waals surface area contributed by atoms with Gasteiger partial charge >= 0.3 is 0 Å². The summed E-state index contributed by atoms with van der Waals surface area (Å²) in [7, 11) is 0. The van der Waals surface area contributed by atoms with Crippen LogP contribution in [0.2, 0.25) is 0 Å². The van der Waals surface area contributed by atoms with E-state index >= 15 is 0 Å². The maximum Gasteiger partial charge on any atom is 0.251 e. The van der Waals surface area contributed by atoms with Crippen LogP contribution in [0.4, 0.5) is 0 Å². The van der Waals surface area contributed by atoms with E-state index in [0.717, 1.165) is 34.5 Å². The minimum absolute atomic E-state index is 0.0384.